The third-order valence-electron chi connectivity index (χ3n) is 3.75. The lowest BCUT2D eigenvalue weighted by molar-refractivity contribution is -0.0202. The van der Waals surface area contributed by atoms with Crippen LogP contribution < -0.4 is 5.32 Å². The van der Waals surface area contributed by atoms with E-state index in [9.17, 15) is 15.0 Å². The zero-order valence-electron chi connectivity index (χ0n) is 10.8. The Labute approximate surface area is 115 Å². The molecule has 3 rings (SSSR count). The number of nitrogens with one attached hydrogen (secondary N) is 1. The molecule has 0 spiro atoms. The molecule has 1 aliphatic carbocycles. The highest BCUT2D eigenvalue weighted by Crippen LogP contribution is 2.33. The Morgan fingerprint density at radius 3 is 2.70 bits per heavy atom. The number of benzene rings is 1. The summed E-state index contributed by atoms with van der Waals surface area (Å²) >= 11 is 0. The van der Waals surface area contributed by atoms with E-state index in [4.69, 9.17) is 0 Å². The van der Waals surface area contributed by atoms with E-state index < -0.39 is 11.6 Å². The zero-order chi connectivity index (χ0) is 14.2. The van der Waals surface area contributed by atoms with E-state index in [-0.39, 0.29) is 5.69 Å². The summed E-state index contributed by atoms with van der Waals surface area (Å²) in [5.41, 5.74) is 0.191. The number of fused-ring (bicyclic) bond motifs is 1. The maximum absolute atomic E-state index is 11.3. The minimum Gasteiger partial charge on any atom is -0.476 e. The molecule has 0 unspecified atom stereocenters. The monoisotopic (exact) mass is 273 g/mol. The molecule has 1 aliphatic rings. The maximum Gasteiger partial charge on any atom is 0.358 e. The molecule has 0 bridgehead atoms. The van der Waals surface area contributed by atoms with Crippen LogP contribution in [-0.4, -0.2) is 38.5 Å². The first-order valence-corrected chi connectivity index (χ1v) is 6.54. The Balaban J connectivity index is 2.00. The van der Waals surface area contributed by atoms with Gasteiger partial charge in [-0.25, -0.2) is 4.79 Å². The van der Waals surface area contributed by atoms with Crippen molar-refractivity contribution >= 4 is 22.6 Å². The smallest absolute Gasteiger partial charge is 0.358 e. The quantitative estimate of drug-likeness (QED) is 0.784. The van der Waals surface area contributed by atoms with E-state index in [2.05, 4.69) is 15.5 Å². The predicted octanol–water partition coefficient (Wildman–Crippen LogP) is 1.65. The summed E-state index contributed by atoms with van der Waals surface area (Å²) in [6.07, 6.45) is 2.47. The molecular weight excluding hydrogens is 258 g/mol. The van der Waals surface area contributed by atoms with Gasteiger partial charge in [-0.3, -0.25) is 0 Å². The van der Waals surface area contributed by atoms with Crippen LogP contribution in [-0.2, 0) is 0 Å². The number of carboxylic acid groups (broad SMARTS) is 1. The molecule has 6 nitrogen and oxygen atoms in total. The number of hydrogen-bond acceptors (Lipinski definition) is 5. The molecule has 0 saturated heterocycles. The summed E-state index contributed by atoms with van der Waals surface area (Å²) in [7, 11) is 0. The van der Waals surface area contributed by atoms with Gasteiger partial charge in [-0.05, 0) is 25.3 Å². The topological polar surface area (TPSA) is 95.3 Å². The van der Waals surface area contributed by atoms with Crippen LogP contribution in [0, 0.1) is 0 Å². The average molecular weight is 273 g/mol. The molecule has 0 amide bonds. The molecule has 1 aromatic heterocycles. The molecule has 104 valence electrons. The van der Waals surface area contributed by atoms with Crippen molar-refractivity contribution in [2.75, 3.05) is 11.9 Å². The van der Waals surface area contributed by atoms with Crippen molar-refractivity contribution in [1.29, 1.82) is 0 Å². The fraction of sp³-hybridized carbons (Fsp3) is 0.357. The van der Waals surface area contributed by atoms with Crippen molar-refractivity contribution in [2.45, 2.75) is 24.9 Å². The third kappa shape index (κ3) is 2.18. The van der Waals surface area contributed by atoms with Crippen molar-refractivity contribution in [3.63, 3.8) is 0 Å². The van der Waals surface area contributed by atoms with Gasteiger partial charge in [0.05, 0.1) is 16.8 Å². The predicted molar refractivity (Wildman–Crippen MR) is 73.8 cm³/mol. The van der Waals surface area contributed by atoms with E-state index in [0.717, 1.165) is 19.3 Å². The number of anilines is 1. The molecule has 1 heterocycles. The van der Waals surface area contributed by atoms with Crippen molar-refractivity contribution < 1.29 is 15.0 Å². The Bertz CT molecular complexity index is 668. The van der Waals surface area contributed by atoms with Crippen LogP contribution >= 0.6 is 0 Å². The number of rotatable bonds is 4. The van der Waals surface area contributed by atoms with Crippen LogP contribution in [0.2, 0.25) is 0 Å². The molecule has 20 heavy (non-hydrogen) atoms. The Kier molecular flexibility index (Phi) is 3.02. The zero-order valence-corrected chi connectivity index (χ0v) is 10.8. The highest BCUT2D eigenvalue weighted by molar-refractivity contribution is 6.02. The van der Waals surface area contributed by atoms with Crippen molar-refractivity contribution in [3.05, 3.63) is 30.0 Å². The molecule has 6 heteroatoms. The molecule has 1 aromatic carbocycles. The lowest BCUT2D eigenvalue weighted by Crippen LogP contribution is -2.43. The van der Waals surface area contributed by atoms with Crippen LogP contribution in [0.1, 0.15) is 29.8 Å². The minimum atomic E-state index is -1.13. The van der Waals surface area contributed by atoms with Crippen molar-refractivity contribution in [2.24, 2.45) is 0 Å². The molecule has 2 aromatic rings. The van der Waals surface area contributed by atoms with E-state index >= 15 is 0 Å². The fourth-order valence-corrected chi connectivity index (χ4v) is 2.40. The first-order valence-electron chi connectivity index (χ1n) is 6.54. The molecule has 0 aliphatic heterocycles. The second-order valence-electron chi connectivity index (χ2n) is 5.18. The Morgan fingerprint density at radius 1 is 1.30 bits per heavy atom. The number of carboxylic acids is 1. The molecule has 1 saturated carbocycles. The Morgan fingerprint density at radius 2 is 2.05 bits per heavy atom. The van der Waals surface area contributed by atoms with E-state index in [1.54, 1.807) is 12.1 Å². The maximum atomic E-state index is 11.3. The van der Waals surface area contributed by atoms with E-state index in [0.29, 0.717) is 23.1 Å². The van der Waals surface area contributed by atoms with Gasteiger partial charge in [0.15, 0.2) is 5.69 Å². The summed E-state index contributed by atoms with van der Waals surface area (Å²) in [5, 5.41) is 30.8. The summed E-state index contributed by atoms with van der Waals surface area (Å²) in [5.74, 6) is -1.13. The van der Waals surface area contributed by atoms with Gasteiger partial charge in [-0.2, -0.15) is 0 Å². The highest BCUT2D eigenvalue weighted by Gasteiger charge is 2.34. The van der Waals surface area contributed by atoms with Gasteiger partial charge in [0.2, 0.25) is 0 Å². The summed E-state index contributed by atoms with van der Waals surface area (Å²) in [4.78, 5) is 11.3. The van der Waals surface area contributed by atoms with E-state index in [1.807, 2.05) is 12.1 Å². The normalized spacial score (nSPS) is 16.6. The Hall–Kier alpha value is -2.21. The molecule has 1 fully saturated rings. The van der Waals surface area contributed by atoms with Gasteiger partial charge < -0.3 is 15.5 Å². The van der Waals surface area contributed by atoms with Gasteiger partial charge in [0, 0.05) is 11.9 Å². The van der Waals surface area contributed by atoms with Gasteiger partial charge in [-0.15, -0.1) is 10.2 Å². The molecule has 0 atom stereocenters. The van der Waals surface area contributed by atoms with Crippen LogP contribution in [0.25, 0.3) is 10.9 Å². The summed E-state index contributed by atoms with van der Waals surface area (Å²) in [6.45, 7) is 0.322. The largest absolute Gasteiger partial charge is 0.476 e. The number of aromatic nitrogens is 2. The van der Waals surface area contributed by atoms with Crippen LogP contribution in [0.4, 0.5) is 5.69 Å². The third-order valence-corrected chi connectivity index (χ3v) is 3.75. The highest BCUT2D eigenvalue weighted by atomic mass is 16.4. The number of nitrogens with zero attached hydrogens (tertiary/aromatic N) is 2. The van der Waals surface area contributed by atoms with Crippen LogP contribution in [0.15, 0.2) is 24.3 Å². The number of hydrogen-bond donors (Lipinski definition) is 3. The fourth-order valence-electron chi connectivity index (χ4n) is 2.40. The SMILES string of the molecule is O=C(O)c1nnc2ccccc2c1NCC1(O)CCC1. The van der Waals surface area contributed by atoms with Gasteiger partial charge in [-0.1, -0.05) is 18.2 Å². The van der Waals surface area contributed by atoms with Crippen molar-refractivity contribution in [3.8, 4) is 0 Å². The van der Waals surface area contributed by atoms with Crippen molar-refractivity contribution in [1.82, 2.24) is 10.2 Å². The molecule has 3 N–H and O–H groups in total. The number of aromatic carboxylic acids is 1. The molecule has 0 radical (unpaired) electrons. The summed E-state index contributed by atoms with van der Waals surface area (Å²) in [6, 6.07) is 7.21. The standard InChI is InChI=1S/C14H15N3O3/c18-13(19)12-11(15-8-14(20)6-3-7-14)9-4-1-2-5-10(9)16-17-12/h1-2,4-5,20H,3,6-8H2,(H,15,16)(H,18,19). The second kappa shape index (κ2) is 4.72. The van der Waals surface area contributed by atoms with Crippen LogP contribution in [0.3, 0.4) is 0 Å². The first-order chi connectivity index (χ1) is 9.59. The minimum absolute atomic E-state index is 0.119. The average Bonchev–Trinajstić information content (AvgIpc) is 2.42. The second-order valence-corrected chi connectivity index (χ2v) is 5.18. The summed E-state index contributed by atoms with van der Waals surface area (Å²) < 4.78 is 0. The molecular formula is C14H15N3O3. The first kappa shape index (κ1) is 12.8. The lowest BCUT2D eigenvalue weighted by Gasteiger charge is -2.37. The van der Waals surface area contributed by atoms with E-state index in [1.165, 1.54) is 0 Å². The number of aliphatic hydroxyl groups is 1. The van der Waals surface area contributed by atoms with Gasteiger partial charge >= 0.3 is 5.97 Å². The number of carbonyl (C=O) groups is 1. The lowest BCUT2D eigenvalue weighted by atomic mass is 9.80. The van der Waals surface area contributed by atoms with Crippen LogP contribution in [0.5, 0.6) is 0 Å². The van der Waals surface area contributed by atoms with Gasteiger partial charge in [0.25, 0.3) is 0 Å². The van der Waals surface area contributed by atoms with Gasteiger partial charge in [0.1, 0.15) is 0 Å².